The number of ether oxygens (including phenoxy) is 1. The largest absolute Gasteiger partial charge is 0.546 e. The fourth-order valence-corrected chi connectivity index (χ4v) is 2.53. The molecule has 0 radical (unpaired) electrons. The third-order valence-corrected chi connectivity index (χ3v) is 3.65. The molecule has 0 aliphatic carbocycles. The fraction of sp³-hybridized carbons (Fsp3) is 0.222. The van der Waals surface area contributed by atoms with Crippen molar-refractivity contribution in [2.75, 3.05) is 0 Å². The zero-order valence-corrected chi connectivity index (χ0v) is 13.4. The third kappa shape index (κ3) is 2.67. The van der Waals surface area contributed by atoms with Crippen molar-refractivity contribution < 1.29 is 23.5 Å². The Kier molecular flexibility index (Phi) is 3.89. The summed E-state index contributed by atoms with van der Waals surface area (Å²) in [6.07, 6.45) is 0.109. The maximum absolute atomic E-state index is 12.9. The molecule has 0 spiro atoms. The molecule has 6 nitrogen and oxygen atoms in total. The molecule has 24 heavy (non-hydrogen) atoms. The van der Waals surface area contributed by atoms with Crippen LogP contribution in [-0.4, -0.2) is 12.1 Å². The SMILES string of the molecule is Cc1cc(C)c2oc(-c3ccco3)c(OC(C)C(=O)[O-])c(=O)c2c1. The first-order valence-corrected chi connectivity index (χ1v) is 7.38. The van der Waals surface area contributed by atoms with Gasteiger partial charge in [0, 0.05) is 0 Å². The fourth-order valence-electron chi connectivity index (χ4n) is 2.53. The van der Waals surface area contributed by atoms with Crippen LogP contribution in [0.5, 0.6) is 5.75 Å². The Morgan fingerprint density at radius 2 is 2.04 bits per heavy atom. The highest BCUT2D eigenvalue weighted by Gasteiger charge is 2.22. The molecule has 0 saturated carbocycles. The molecular formula is C18H15O6-. The summed E-state index contributed by atoms with van der Waals surface area (Å²) in [5, 5.41) is 11.3. The van der Waals surface area contributed by atoms with Crippen LogP contribution in [0, 0.1) is 13.8 Å². The van der Waals surface area contributed by atoms with E-state index in [0.29, 0.717) is 11.0 Å². The molecule has 1 aromatic carbocycles. The highest BCUT2D eigenvalue weighted by atomic mass is 16.5. The molecule has 3 rings (SSSR count). The number of hydrogen-bond acceptors (Lipinski definition) is 6. The Labute approximate surface area is 137 Å². The Morgan fingerprint density at radius 1 is 1.29 bits per heavy atom. The van der Waals surface area contributed by atoms with Crippen molar-refractivity contribution in [3.63, 3.8) is 0 Å². The van der Waals surface area contributed by atoms with Gasteiger partial charge in [-0.05, 0) is 50.1 Å². The van der Waals surface area contributed by atoms with E-state index in [-0.39, 0.29) is 17.3 Å². The predicted octanol–water partition coefficient (Wildman–Crippen LogP) is 2.19. The van der Waals surface area contributed by atoms with Gasteiger partial charge >= 0.3 is 0 Å². The van der Waals surface area contributed by atoms with E-state index in [1.54, 1.807) is 18.2 Å². The number of furan rings is 1. The molecular weight excluding hydrogens is 312 g/mol. The lowest BCUT2D eigenvalue weighted by molar-refractivity contribution is -0.312. The molecule has 1 atom stereocenters. The Morgan fingerprint density at radius 3 is 2.67 bits per heavy atom. The van der Waals surface area contributed by atoms with Crippen molar-refractivity contribution >= 4 is 16.9 Å². The molecule has 0 saturated heterocycles. The van der Waals surface area contributed by atoms with Gasteiger partial charge in [-0.3, -0.25) is 4.79 Å². The molecule has 0 amide bonds. The van der Waals surface area contributed by atoms with Crippen molar-refractivity contribution in [2.24, 2.45) is 0 Å². The van der Waals surface area contributed by atoms with Gasteiger partial charge in [0.2, 0.25) is 16.9 Å². The number of carboxylic acids is 1. The number of hydrogen-bond donors (Lipinski definition) is 0. The zero-order chi connectivity index (χ0) is 17.4. The second-order valence-corrected chi connectivity index (χ2v) is 5.60. The maximum atomic E-state index is 12.9. The molecule has 0 fully saturated rings. The van der Waals surface area contributed by atoms with Gasteiger partial charge in [0.25, 0.3) is 0 Å². The van der Waals surface area contributed by atoms with Crippen LogP contribution in [-0.2, 0) is 4.79 Å². The summed E-state index contributed by atoms with van der Waals surface area (Å²) < 4.78 is 16.5. The summed E-state index contributed by atoms with van der Waals surface area (Å²) in [6.45, 7) is 4.97. The number of benzene rings is 1. The van der Waals surface area contributed by atoms with Gasteiger partial charge in [-0.1, -0.05) is 6.07 Å². The van der Waals surface area contributed by atoms with Crippen molar-refractivity contribution in [3.8, 4) is 17.3 Å². The van der Waals surface area contributed by atoms with Gasteiger partial charge in [0.15, 0.2) is 5.76 Å². The molecule has 0 bridgehead atoms. The quantitative estimate of drug-likeness (QED) is 0.729. The lowest BCUT2D eigenvalue weighted by Gasteiger charge is -2.17. The standard InChI is InChI=1S/C18H16O6/c1-9-7-10(2)15-12(8-9)14(19)17(23-11(3)18(20)21)16(24-15)13-5-4-6-22-13/h4-8,11H,1-3H3,(H,20,21)/p-1. The summed E-state index contributed by atoms with van der Waals surface area (Å²) in [7, 11) is 0. The average molecular weight is 327 g/mol. The van der Waals surface area contributed by atoms with Gasteiger partial charge < -0.3 is 23.5 Å². The van der Waals surface area contributed by atoms with Gasteiger partial charge in [0.1, 0.15) is 11.7 Å². The number of carbonyl (C=O) groups is 1. The number of carbonyl (C=O) groups excluding carboxylic acids is 1. The average Bonchev–Trinajstić information content (AvgIpc) is 3.04. The van der Waals surface area contributed by atoms with Crippen molar-refractivity contribution in [1.82, 2.24) is 0 Å². The second-order valence-electron chi connectivity index (χ2n) is 5.60. The van der Waals surface area contributed by atoms with Gasteiger partial charge in [-0.15, -0.1) is 0 Å². The summed E-state index contributed by atoms with van der Waals surface area (Å²) in [5.74, 6) is -1.31. The van der Waals surface area contributed by atoms with Gasteiger partial charge in [-0.25, -0.2) is 0 Å². The number of aryl methyl sites for hydroxylation is 2. The predicted molar refractivity (Wildman–Crippen MR) is 84.8 cm³/mol. The van der Waals surface area contributed by atoms with E-state index >= 15 is 0 Å². The molecule has 1 unspecified atom stereocenters. The topological polar surface area (TPSA) is 92.7 Å². The van der Waals surface area contributed by atoms with Crippen LogP contribution >= 0.6 is 0 Å². The van der Waals surface area contributed by atoms with Crippen molar-refractivity contribution in [1.29, 1.82) is 0 Å². The Bertz CT molecular complexity index is 965. The Balaban J connectivity index is 2.34. The molecule has 0 aliphatic rings. The first kappa shape index (κ1) is 15.9. The van der Waals surface area contributed by atoms with E-state index in [0.717, 1.165) is 11.1 Å². The number of rotatable bonds is 4. The molecule has 6 heteroatoms. The van der Waals surface area contributed by atoms with Crippen molar-refractivity contribution in [2.45, 2.75) is 26.9 Å². The van der Waals surface area contributed by atoms with Crippen LogP contribution in [0.1, 0.15) is 18.1 Å². The zero-order valence-electron chi connectivity index (χ0n) is 13.4. The molecule has 124 valence electrons. The first-order valence-electron chi connectivity index (χ1n) is 7.38. The van der Waals surface area contributed by atoms with Gasteiger partial charge in [0.05, 0.1) is 17.6 Å². The molecule has 0 N–H and O–H groups in total. The van der Waals surface area contributed by atoms with E-state index in [1.807, 2.05) is 19.9 Å². The second kappa shape index (κ2) is 5.88. The van der Waals surface area contributed by atoms with Crippen molar-refractivity contribution in [3.05, 3.63) is 51.9 Å². The van der Waals surface area contributed by atoms with E-state index in [4.69, 9.17) is 13.6 Å². The smallest absolute Gasteiger partial charge is 0.235 e. The molecule has 2 heterocycles. The summed E-state index contributed by atoms with van der Waals surface area (Å²) in [6, 6.07) is 6.80. The Hall–Kier alpha value is -3.02. The van der Waals surface area contributed by atoms with Crippen LogP contribution in [0.2, 0.25) is 0 Å². The van der Waals surface area contributed by atoms with Crippen LogP contribution in [0.3, 0.4) is 0 Å². The van der Waals surface area contributed by atoms with Crippen LogP contribution in [0.4, 0.5) is 0 Å². The summed E-state index contributed by atoms with van der Waals surface area (Å²) in [5.41, 5.74) is 1.62. The molecule has 3 aromatic rings. The number of carboxylic acid groups (broad SMARTS) is 1. The normalized spacial score (nSPS) is 12.3. The van der Waals surface area contributed by atoms with Crippen LogP contribution < -0.4 is 15.3 Å². The van der Waals surface area contributed by atoms with E-state index in [9.17, 15) is 14.7 Å². The summed E-state index contributed by atoms with van der Waals surface area (Å²) >= 11 is 0. The maximum Gasteiger partial charge on any atom is 0.235 e. The number of fused-ring (bicyclic) bond motifs is 1. The van der Waals surface area contributed by atoms with Crippen LogP contribution in [0.15, 0.2) is 44.2 Å². The lowest BCUT2D eigenvalue weighted by Crippen LogP contribution is -2.38. The van der Waals surface area contributed by atoms with E-state index in [2.05, 4.69) is 0 Å². The van der Waals surface area contributed by atoms with E-state index < -0.39 is 17.5 Å². The monoisotopic (exact) mass is 327 g/mol. The first-order chi connectivity index (χ1) is 11.4. The lowest BCUT2D eigenvalue weighted by atomic mass is 10.1. The number of aliphatic carboxylic acids is 1. The highest BCUT2D eigenvalue weighted by molar-refractivity contribution is 5.84. The third-order valence-electron chi connectivity index (χ3n) is 3.65. The molecule has 2 aromatic heterocycles. The summed E-state index contributed by atoms with van der Waals surface area (Å²) in [4.78, 5) is 23.9. The minimum Gasteiger partial charge on any atom is -0.546 e. The highest BCUT2D eigenvalue weighted by Crippen LogP contribution is 2.33. The van der Waals surface area contributed by atoms with Gasteiger partial charge in [-0.2, -0.15) is 0 Å². The van der Waals surface area contributed by atoms with Crippen LogP contribution in [0.25, 0.3) is 22.5 Å². The molecule has 0 aliphatic heterocycles. The minimum atomic E-state index is -1.43. The van der Waals surface area contributed by atoms with E-state index in [1.165, 1.54) is 13.2 Å². The minimum absolute atomic E-state index is 0.0533.